The van der Waals surface area contributed by atoms with Gasteiger partial charge in [0.05, 0.1) is 6.54 Å². The number of carbonyl (C=O) groups is 1. The van der Waals surface area contributed by atoms with Crippen LogP contribution in [0.4, 0.5) is 23.2 Å². The number of carbonyl (C=O) groups excluding carboxylic acids is 1. The van der Waals surface area contributed by atoms with Crippen LogP contribution in [0.2, 0.25) is 0 Å². The van der Waals surface area contributed by atoms with Gasteiger partial charge in [0.2, 0.25) is 0 Å². The Balaban J connectivity index is 2.72. The molecule has 100 valence electrons. The van der Waals surface area contributed by atoms with E-state index in [4.69, 9.17) is 5.73 Å². The monoisotopic (exact) mass is 264 g/mol. The number of alkyl halides is 4. The molecule has 1 aromatic rings. The Morgan fingerprint density at radius 2 is 2.06 bits per heavy atom. The van der Waals surface area contributed by atoms with Crippen LogP contribution in [0.15, 0.2) is 18.2 Å². The molecule has 7 heteroatoms. The van der Waals surface area contributed by atoms with Gasteiger partial charge in [-0.1, -0.05) is 0 Å². The summed E-state index contributed by atoms with van der Waals surface area (Å²) in [5.41, 5.74) is 6.48. The molecule has 0 heterocycles. The lowest BCUT2D eigenvalue weighted by molar-refractivity contribution is -0.123. The van der Waals surface area contributed by atoms with Crippen LogP contribution in [-0.2, 0) is 0 Å². The maximum atomic E-state index is 12.6. The minimum atomic E-state index is -4.24. The molecular weight excluding hydrogens is 252 g/mol. The van der Waals surface area contributed by atoms with E-state index in [1.54, 1.807) is 12.2 Å². The molecule has 0 fully saturated rings. The van der Waals surface area contributed by atoms with E-state index < -0.39 is 24.8 Å². The maximum Gasteiger partial charge on any atom is 0.324 e. The summed E-state index contributed by atoms with van der Waals surface area (Å²) in [5.74, 6) is -5.08. The van der Waals surface area contributed by atoms with Gasteiger partial charge in [-0.15, -0.1) is 0 Å². The van der Waals surface area contributed by atoms with Crippen molar-refractivity contribution in [3.8, 4) is 0 Å². The molecule has 0 aliphatic rings. The molecule has 0 spiro atoms. The summed E-state index contributed by atoms with van der Waals surface area (Å²) in [4.78, 5) is 11.5. The van der Waals surface area contributed by atoms with Crippen molar-refractivity contribution in [1.29, 1.82) is 0 Å². The van der Waals surface area contributed by atoms with Crippen LogP contribution in [0, 0.1) is 6.92 Å². The van der Waals surface area contributed by atoms with Crippen molar-refractivity contribution in [3.63, 3.8) is 0 Å². The number of halogens is 4. The average Bonchev–Trinajstić information content (AvgIpc) is 2.25. The van der Waals surface area contributed by atoms with Crippen molar-refractivity contribution in [3.05, 3.63) is 29.3 Å². The maximum absolute atomic E-state index is 12.6. The van der Waals surface area contributed by atoms with Crippen LogP contribution >= 0.6 is 0 Å². The van der Waals surface area contributed by atoms with Gasteiger partial charge in [-0.05, 0) is 30.7 Å². The smallest absolute Gasteiger partial charge is 0.324 e. The number of anilines is 1. The van der Waals surface area contributed by atoms with Crippen molar-refractivity contribution in [2.45, 2.75) is 19.3 Å². The molecule has 1 aromatic carbocycles. The summed E-state index contributed by atoms with van der Waals surface area (Å²) in [7, 11) is 0. The van der Waals surface area contributed by atoms with E-state index >= 15 is 0 Å². The van der Waals surface area contributed by atoms with Gasteiger partial charge in [-0.25, -0.2) is 8.78 Å². The zero-order valence-corrected chi connectivity index (χ0v) is 9.51. The van der Waals surface area contributed by atoms with Gasteiger partial charge in [0.15, 0.2) is 0 Å². The number of nitrogens with one attached hydrogen (secondary N) is 1. The molecule has 0 saturated carbocycles. The van der Waals surface area contributed by atoms with Crippen molar-refractivity contribution >= 4 is 11.6 Å². The normalized spacial score (nSPS) is 11.7. The Hall–Kier alpha value is -1.79. The van der Waals surface area contributed by atoms with Crippen LogP contribution in [0.3, 0.4) is 0 Å². The predicted octanol–water partition coefficient (Wildman–Crippen LogP) is 2.21. The van der Waals surface area contributed by atoms with Gasteiger partial charge >= 0.3 is 12.3 Å². The minimum absolute atomic E-state index is 0.120. The molecule has 1 rings (SSSR count). The second kappa shape index (κ2) is 5.24. The number of rotatable bonds is 4. The Morgan fingerprint density at radius 1 is 1.44 bits per heavy atom. The fourth-order valence-electron chi connectivity index (χ4n) is 1.31. The van der Waals surface area contributed by atoms with Crippen LogP contribution < -0.4 is 11.1 Å². The fourth-order valence-corrected chi connectivity index (χ4v) is 1.31. The Kier molecular flexibility index (Phi) is 4.15. The highest BCUT2D eigenvalue weighted by molar-refractivity contribution is 5.96. The van der Waals surface area contributed by atoms with Gasteiger partial charge in [0.25, 0.3) is 5.91 Å². The molecule has 0 atom stereocenters. The highest BCUT2D eigenvalue weighted by Gasteiger charge is 2.40. The first-order valence-corrected chi connectivity index (χ1v) is 5.04. The molecule has 0 bridgehead atoms. The summed E-state index contributed by atoms with van der Waals surface area (Å²) in [6, 6.07) is 4.26. The van der Waals surface area contributed by atoms with Gasteiger partial charge in [-0.3, -0.25) is 4.79 Å². The van der Waals surface area contributed by atoms with Gasteiger partial charge in [0.1, 0.15) is 0 Å². The van der Waals surface area contributed by atoms with E-state index in [0.717, 1.165) is 0 Å². The number of nitrogen functional groups attached to an aromatic ring is 1. The van der Waals surface area contributed by atoms with Crippen LogP contribution in [-0.4, -0.2) is 24.8 Å². The third-order valence-electron chi connectivity index (χ3n) is 2.30. The Labute approximate surface area is 101 Å². The van der Waals surface area contributed by atoms with Gasteiger partial charge < -0.3 is 11.1 Å². The summed E-state index contributed by atoms with van der Waals surface area (Å²) in [6.07, 6.45) is -3.81. The number of amides is 1. The second-order valence-electron chi connectivity index (χ2n) is 3.82. The molecule has 1 amide bonds. The number of aryl methyl sites for hydroxylation is 1. The lowest BCUT2D eigenvalue weighted by Crippen LogP contribution is -2.41. The summed E-state index contributed by atoms with van der Waals surface area (Å²) >= 11 is 0. The molecular formula is C11H12F4N2O. The van der Waals surface area contributed by atoms with E-state index in [-0.39, 0.29) is 5.56 Å². The van der Waals surface area contributed by atoms with Crippen molar-refractivity contribution in [1.82, 2.24) is 5.32 Å². The van der Waals surface area contributed by atoms with Crippen molar-refractivity contribution in [2.75, 3.05) is 12.3 Å². The van der Waals surface area contributed by atoms with Crippen molar-refractivity contribution < 1.29 is 22.4 Å². The predicted molar refractivity (Wildman–Crippen MR) is 58.9 cm³/mol. The topological polar surface area (TPSA) is 55.1 Å². The molecule has 0 aliphatic carbocycles. The first-order valence-electron chi connectivity index (χ1n) is 5.04. The van der Waals surface area contributed by atoms with E-state index in [2.05, 4.69) is 0 Å². The van der Waals surface area contributed by atoms with Crippen LogP contribution in [0.25, 0.3) is 0 Å². The number of hydrogen-bond donors (Lipinski definition) is 2. The van der Waals surface area contributed by atoms with Crippen molar-refractivity contribution in [2.24, 2.45) is 0 Å². The minimum Gasteiger partial charge on any atom is -0.399 e. The third-order valence-corrected chi connectivity index (χ3v) is 2.30. The number of hydrogen-bond acceptors (Lipinski definition) is 2. The van der Waals surface area contributed by atoms with Crippen LogP contribution in [0.1, 0.15) is 15.9 Å². The van der Waals surface area contributed by atoms with E-state index in [0.29, 0.717) is 11.3 Å². The Bertz CT molecular complexity index is 449. The van der Waals surface area contributed by atoms with E-state index in [1.165, 1.54) is 18.2 Å². The fraction of sp³-hybridized carbons (Fsp3) is 0.364. The summed E-state index contributed by atoms with van der Waals surface area (Å²) in [5, 5.41) is 1.77. The molecule has 0 saturated heterocycles. The zero-order chi connectivity index (χ0) is 13.9. The molecule has 0 unspecified atom stereocenters. The van der Waals surface area contributed by atoms with Gasteiger partial charge in [0, 0.05) is 11.3 Å². The molecule has 0 aromatic heterocycles. The lowest BCUT2D eigenvalue weighted by atomic mass is 10.1. The van der Waals surface area contributed by atoms with E-state index in [9.17, 15) is 22.4 Å². The molecule has 0 aliphatic heterocycles. The quantitative estimate of drug-likeness (QED) is 0.647. The molecule has 0 radical (unpaired) electrons. The standard InChI is InChI=1S/C11H12F4N2O/c1-6-4-7(16)2-3-8(6)9(18)17-5-11(14,15)10(12)13/h2-4,10H,5,16H2,1H3,(H,17,18). The average molecular weight is 264 g/mol. The number of nitrogens with two attached hydrogens (primary N) is 1. The van der Waals surface area contributed by atoms with Gasteiger partial charge in [-0.2, -0.15) is 8.78 Å². The lowest BCUT2D eigenvalue weighted by Gasteiger charge is -2.16. The molecule has 3 nitrogen and oxygen atoms in total. The second-order valence-corrected chi connectivity index (χ2v) is 3.82. The SMILES string of the molecule is Cc1cc(N)ccc1C(=O)NCC(F)(F)C(F)F. The van der Waals surface area contributed by atoms with Crippen LogP contribution in [0.5, 0.6) is 0 Å². The zero-order valence-electron chi connectivity index (χ0n) is 9.51. The molecule has 3 N–H and O–H groups in total. The molecule has 18 heavy (non-hydrogen) atoms. The first kappa shape index (κ1) is 14.3. The highest BCUT2D eigenvalue weighted by Crippen LogP contribution is 2.21. The third kappa shape index (κ3) is 3.35. The summed E-state index contributed by atoms with van der Waals surface area (Å²) < 4.78 is 49.0. The van der Waals surface area contributed by atoms with E-state index in [1.807, 2.05) is 0 Å². The first-order chi connectivity index (χ1) is 8.24. The Morgan fingerprint density at radius 3 is 2.56 bits per heavy atom. The largest absolute Gasteiger partial charge is 0.399 e. The highest BCUT2D eigenvalue weighted by atomic mass is 19.3. The number of benzene rings is 1. The summed E-state index contributed by atoms with van der Waals surface area (Å²) in [6.45, 7) is 0.157.